The molecular weight excluding hydrogens is 296 g/mol. The number of anilines is 1. The molecule has 0 saturated heterocycles. The second-order valence-electron chi connectivity index (χ2n) is 6.09. The van der Waals surface area contributed by atoms with Crippen molar-refractivity contribution in [1.82, 2.24) is 14.0 Å². The molecule has 3 heterocycles. The molecular formula is C20H20N4. The largest absolute Gasteiger partial charge is 0.365 e. The van der Waals surface area contributed by atoms with Crippen molar-refractivity contribution in [3.05, 3.63) is 78.1 Å². The van der Waals surface area contributed by atoms with Crippen molar-refractivity contribution in [3.63, 3.8) is 0 Å². The molecule has 0 amide bonds. The average molecular weight is 316 g/mol. The molecule has 0 radical (unpaired) electrons. The minimum absolute atomic E-state index is 0.764. The van der Waals surface area contributed by atoms with Crippen LogP contribution in [0.1, 0.15) is 11.1 Å². The van der Waals surface area contributed by atoms with Gasteiger partial charge in [0, 0.05) is 26.0 Å². The van der Waals surface area contributed by atoms with Crippen LogP contribution in [0.3, 0.4) is 0 Å². The molecule has 24 heavy (non-hydrogen) atoms. The zero-order chi connectivity index (χ0) is 16.5. The molecule has 1 N–H and O–H groups in total. The number of nitrogens with one attached hydrogen (secondary N) is 1. The van der Waals surface area contributed by atoms with Crippen LogP contribution in [0.2, 0.25) is 0 Å². The first-order chi connectivity index (χ1) is 11.7. The Morgan fingerprint density at radius 2 is 1.83 bits per heavy atom. The van der Waals surface area contributed by atoms with E-state index in [0.717, 1.165) is 29.4 Å². The molecule has 4 aromatic rings. The molecule has 0 aliphatic heterocycles. The van der Waals surface area contributed by atoms with E-state index in [1.54, 1.807) is 0 Å². The van der Waals surface area contributed by atoms with Crippen LogP contribution in [-0.2, 0) is 13.6 Å². The molecule has 0 fully saturated rings. The number of imidazole rings is 1. The first kappa shape index (κ1) is 14.6. The lowest BCUT2D eigenvalue weighted by molar-refractivity contribution is 0.932. The Morgan fingerprint density at radius 3 is 2.58 bits per heavy atom. The lowest BCUT2D eigenvalue weighted by Crippen LogP contribution is -2.04. The van der Waals surface area contributed by atoms with Gasteiger partial charge in [0.1, 0.15) is 17.2 Å². The number of hydrogen-bond donors (Lipinski definition) is 1. The maximum absolute atomic E-state index is 4.85. The molecule has 0 saturated carbocycles. The molecule has 0 spiro atoms. The molecule has 4 nitrogen and oxygen atoms in total. The van der Waals surface area contributed by atoms with Gasteiger partial charge in [-0.05, 0) is 36.2 Å². The molecule has 4 rings (SSSR count). The SMILES string of the molecule is Cc1ccc2nc(-c3cccn3C)c(NCc3ccccc3)n2c1. The first-order valence-corrected chi connectivity index (χ1v) is 8.10. The van der Waals surface area contributed by atoms with Gasteiger partial charge in [0.25, 0.3) is 0 Å². The zero-order valence-electron chi connectivity index (χ0n) is 13.9. The van der Waals surface area contributed by atoms with Crippen LogP contribution < -0.4 is 5.32 Å². The summed E-state index contributed by atoms with van der Waals surface area (Å²) in [6.45, 7) is 2.86. The second kappa shape index (κ2) is 5.89. The maximum Gasteiger partial charge on any atom is 0.140 e. The third kappa shape index (κ3) is 2.56. The van der Waals surface area contributed by atoms with Gasteiger partial charge in [-0.2, -0.15) is 0 Å². The number of benzene rings is 1. The number of fused-ring (bicyclic) bond motifs is 1. The predicted octanol–water partition coefficient (Wildman–Crippen LogP) is 4.26. The van der Waals surface area contributed by atoms with Gasteiger partial charge in [-0.15, -0.1) is 0 Å². The van der Waals surface area contributed by atoms with Crippen LogP contribution in [-0.4, -0.2) is 14.0 Å². The third-order valence-electron chi connectivity index (χ3n) is 4.26. The van der Waals surface area contributed by atoms with Crippen LogP contribution in [0.4, 0.5) is 5.82 Å². The van der Waals surface area contributed by atoms with E-state index in [4.69, 9.17) is 4.98 Å². The second-order valence-corrected chi connectivity index (χ2v) is 6.09. The lowest BCUT2D eigenvalue weighted by atomic mass is 10.2. The summed E-state index contributed by atoms with van der Waals surface area (Å²) in [7, 11) is 2.05. The molecule has 0 bridgehead atoms. The Hall–Kier alpha value is -3.01. The molecule has 1 aromatic carbocycles. The van der Waals surface area contributed by atoms with Crippen molar-refractivity contribution in [2.75, 3.05) is 5.32 Å². The summed E-state index contributed by atoms with van der Waals surface area (Å²) in [5.74, 6) is 1.03. The Balaban J connectivity index is 1.81. The van der Waals surface area contributed by atoms with Crippen molar-refractivity contribution in [1.29, 1.82) is 0 Å². The number of aryl methyl sites for hydroxylation is 2. The van der Waals surface area contributed by atoms with Gasteiger partial charge < -0.3 is 9.88 Å². The van der Waals surface area contributed by atoms with E-state index in [0.29, 0.717) is 0 Å². The summed E-state index contributed by atoms with van der Waals surface area (Å²) >= 11 is 0. The Kier molecular flexibility index (Phi) is 3.58. The van der Waals surface area contributed by atoms with Gasteiger partial charge in [0.2, 0.25) is 0 Å². The van der Waals surface area contributed by atoms with E-state index >= 15 is 0 Å². The van der Waals surface area contributed by atoms with Crippen LogP contribution in [0.15, 0.2) is 67.0 Å². The van der Waals surface area contributed by atoms with Crippen molar-refractivity contribution in [2.24, 2.45) is 7.05 Å². The number of hydrogen-bond acceptors (Lipinski definition) is 2. The van der Waals surface area contributed by atoms with Gasteiger partial charge >= 0.3 is 0 Å². The van der Waals surface area contributed by atoms with Crippen molar-refractivity contribution in [3.8, 4) is 11.4 Å². The van der Waals surface area contributed by atoms with Crippen LogP contribution in [0.5, 0.6) is 0 Å². The van der Waals surface area contributed by atoms with Gasteiger partial charge in [0.05, 0.1) is 5.69 Å². The highest BCUT2D eigenvalue weighted by Crippen LogP contribution is 2.29. The fraction of sp³-hybridized carbons (Fsp3) is 0.150. The summed E-state index contributed by atoms with van der Waals surface area (Å²) in [6.07, 6.45) is 4.17. The number of rotatable bonds is 4. The highest BCUT2D eigenvalue weighted by atomic mass is 15.1. The molecule has 3 aromatic heterocycles. The fourth-order valence-electron chi connectivity index (χ4n) is 2.99. The summed E-state index contributed by atoms with van der Waals surface area (Å²) in [5.41, 5.74) is 5.49. The van der Waals surface area contributed by atoms with Gasteiger partial charge in [-0.3, -0.25) is 4.40 Å². The van der Waals surface area contributed by atoms with Crippen LogP contribution in [0, 0.1) is 6.92 Å². The highest BCUT2D eigenvalue weighted by molar-refractivity contribution is 5.75. The van der Waals surface area contributed by atoms with Gasteiger partial charge in [-0.1, -0.05) is 36.4 Å². The lowest BCUT2D eigenvalue weighted by Gasteiger charge is -2.10. The molecule has 4 heteroatoms. The van der Waals surface area contributed by atoms with E-state index in [1.807, 2.05) is 25.4 Å². The van der Waals surface area contributed by atoms with E-state index in [2.05, 4.69) is 69.9 Å². The standard InChI is InChI=1S/C20H20N4/c1-15-10-11-18-22-19(17-9-6-12-23(17)2)20(24(18)14-15)21-13-16-7-4-3-5-8-16/h3-12,14,21H,13H2,1-2H3. The third-order valence-corrected chi connectivity index (χ3v) is 4.26. The van der Waals surface area contributed by atoms with E-state index < -0.39 is 0 Å². The highest BCUT2D eigenvalue weighted by Gasteiger charge is 2.16. The van der Waals surface area contributed by atoms with E-state index in [-0.39, 0.29) is 0 Å². The maximum atomic E-state index is 4.85. The summed E-state index contributed by atoms with van der Waals surface area (Å²) in [5, 5.41) is 3.58. The normalized spacial score (nSPS) is 11.1. The predicted molar refractivity (Wildman–Crippen MR) is 98.1 cm³/mol. The summed E-state index contributed by atoms with van der Waals surface area (Å²) in [6, 6.07) is 18.7. The molecule has 0 aliphatic carbocycles. The quantitative estimate of drug-likeness (QED) is 0.610. The van der Waals surface area contributed by atoms with E-state index in [1.165, 1.54) is 11.1 Å². The molecule has 120 valence electrons. The number of aromatic nitrogens is 3. The zero-order valence-corrected chi connectivity index (χ0v) is 13.9. The minimum atomic E-state index is 0.764. The monoisotopic (exact) mass is 316 g/mol. The number of pyridine rings is 1. The summed E-state index contributed by atoms with van der Waals surface area (Å²) in [4.78, 5) is 4.85. The fourth-order valence-corrected chi connectivity index (χ4v) is 2.99. The van der Waals surface area contributed by atoms with Crippen molar-refractivity contribution >= 4 is 11.5 Å². The molecule has 0 atom stereocenters. The van der Waals surface area contributed by atoms with Gasteiger partial charge in [-0.25, -0.2) is 4.98 Å². The topological polar surface area (TPSA) is 34.3 Å². The smallest absolute Gasteiger partial charge is 0.140 e. The Morgan fingerprint density at radius 1 is 1.00 bits per heavy atom. The van der Waals surface area contributed by atoms with E-state index in [9.17, 15) is 0 Å². The molecule has 0 aliphatic rings. The summed E-state index contributed by atoms with van der Waals surface area (Å²) < 4.78 is 4.24. The van der Waals surface area contributed by atoms with Crippen molar-refractivity contribution < 1.29 is 0 Å². The average Bonchev–Trinajstić information content (AvgIpc) is 3.17. The number of nitrogens with zero attached hydrogens (tertiary/aromatic N) is 3. The first-order valence-electron chi connectivity index (χ1n) is 8.10. The minimum Gasteiger partial charge on any atom is -0.365 e. The van der Waals surface area contributed by atoms with Crippen LogP contribution >= 0.6 is 0 Å². The van der Waals surface area contributed by atoms with Gasteiger partial charge in [0.15, 0.2) is 0 Å². The Bertz CT molecular complexity index is 979. The van der Waals surface area contributed by atoms with Crippen molar-refractivity contribution in [2.45, 2.75) is 13.5 Å². The molecule has 0 unspecified atom stereocenters. The van der Waals surface area contributed by atoms with Crippen LogP contribution in [0.25, 0.3) is 17.0 Å². The Labute approximate surface area is 141 Å².